The SMILES string of the molecule is C=CCC1OC1O. The maximum Gasteiger partial charge on any atom is 0.182 e. The number of rotatable bonds is 2. The normalized spacial score (nSPS) is 37.9. The van der Waals surface area contributed by atoms with Crippen LogP contribution >= 0.6 is 0 Å². The molecule has 1 heterocycles. The molecule has 0 aliphatic carbocycles. The molecule has 2 unspecified atom stereocenters. The molecule has 0 aromatic heterocycles. The molecule has 2 heteroatoms. The van der Waals surface area contributed by atoms with E-state index in [1.807, 2.05) is 0 Å². The van der Waals surface area contributed by atoms with E-state index in [1.165, 1.54) is 0 Å². The second-order valence-electron chi connectivity index (χ2n) is 1.59. The molecule has 1 saturated heterocycles. The maximum absolute atomic E-state index is 8.49. The monoisotopic (exact) mass is 100 g/mol. The fourth-order valence-electron chi connectivity index (χ4n) is 0.470. The van der Waals surface area contributed by atoms with E-state index >= 15 is 0 Å². The van der Waals surface area contributed by atoms with Crippen LogP contribution in [-0.4, -0.2) is 17.5 Å². The summed E-state index contributed by atoms with van der Waals surface area (Å²) in [6, 6.07) is 0. The quantitative estimate of drug-likeness (QED) is 0.399. The molecular formula is C5H8O2. The zero-order chi connectivity index (χ0) is 5.28. The van der Waals surface area contributed by atoms with Crippen LogP contribution in [0.2, 0.25) is 0 Å². The predicted molar refractivity (Wildman–Crippen MR) is 25.7 cm³/mol. The van der Waals surface area contributed by atoms with Crippen molar-refractivity contribution >= 4 is 0 Å². The third-order valence-electron chi connectivity index (χ3n) is 0.955. The van der Waals surface area contributed by atoms with Gasteiger partial charge in [-0.25, -0.2) is 0 Å². The van der Waals surface area contributed by atoms with Crippen LogP contribution in [0.3, 0.4) is 0 Å². The Morgan fingerprint density at radius 3 is 2.57 bits per heavy atom. The third-order valence-corrected chi connectivity index (χ3v) is 0.955. The van der Waals surface area contributed by atoms with E-state index in [1.54, 1.807) is 6.08 Å². The average molecular weight is 100 g/mol. The molecule has 40 valence electrons. The second-order valence-corrected chi connectivity index (χ2v) is 1.59. The highest BCUT2D eigenvalue weighted by molar-refractivity contribution is 4.83. The number of hydrogen-bond acceptors (Lipinski definition) is 2. The Hall–Kier alpha value is -0.340. The van der Waals surface area contributed by atoms with Crippen molar-refractivity contribution in [2.75, 3.05) is 0 Å². The summed E-state index contributed by atoms with van der Waals surface area (Å²) in [7, 11) is 0. The van der Waals surface area contributed by atoms with Crippen molar-refractivity contribution in [2.24, 2.45) is 0 Å². The van der Waals surface area contributed by atoms with Crippen LogP contribution in [0.1, 0.15) is 6.42 Å². The van der Waals surface area contributed by atoms with E-state index < -0.39 is 6.29 Å². The van der Waals surface area contributed by atoms with Gasteiger partial charge in [0.05, 0.1) is 0 Å². The Morgan fingerprint density at radius 2 is 2.43 bits per heavy atom. The van der Waals surface area contributed by atoms with E-state index in [9.17, 15) is 0 Å². The number of aliphatic hydroxyl groups is 1. The van der Waals surface area contributed by atoms with Gasteiger partial charge in [0.1, 0.15) is 6.10 Å². The topological polar surface area (TPSA) is 32.8 Å². The molecule has 0 radical (unpaired) electrons. The van der Waals surface area contributed by atoms with Crippen molar-refractivity contribution < 1.29 is 9.84 Å². The first-order valence-electron chi connectivity index (χ1n) is 2.29. The first-order chi connectivity index (χ1) is 3.34. The molecule has 2 atom stereocenters. The summed E-state index contributed by atoms with van der Waals surface area (Å²) in [6.07, 6.45) is 2.05. The third kappa shape index (κ3) is 1.01. The van der Waals surface area contributed by atoms with E-state index in [4.69, 9.17) is 5.11 Å². The zero-order valence-electron chi connectivity index (χ0n) is 4.00. The smallest absolute Gasteiger partial charge is 0.182 e. The molecule has 0 aromatic rings. The second kappa shape index (κ2) is 1.64. The summed E-state index contributed by atoms with van der Waals surface area (Å²) in [4.78, 5) is 0. The fraction of sp³-hybridized carbons (Fsp3) is 0.600. The van der Waals surface area contributed by atoms with Crippen molar-refractivity contribution in [3.8, 4) is 0 Å². The van der Waals surface area contributed by atoms with Gasteiger partial charge >= 0.3 is 0 Å². The molecule has 1 aliphatic rings. The minimum absolute atomic E-state index is 0.0532. The standard InChI is InChI=1S/C5H8O2/c1-2-3-4-5(6)7-4/h2,4-6H,1,3H2. The molecule has 1 rings (SSSR count). The highest BCUT2D eigenvalue weighted by Crippen LogP contribution is 2.21. The lowest BCUT2D eigenvalue weighted by molar-refractivity contribution is 0.156. The lowest BCUT2D eigenvalue weighted by Crippen LogP contribution is -1.87. The molecule has 0 amide bonds. The van der Waals surface area contributed by atoms with Gasteiger partial charge in [-0.3, -0.25) is 0 Å². The molecule has 0 bridgehead atoms. The minimum Gasteiger partial charge on any atom is -0.366 e. The van der Waals surface area contributed by atoms with Gasteiger partial charge in [-0.05, 0) is 6.42 Å². The molecular weight excluding hydrogens is 92.1 g/mol. The van der Waals surface area contributed by atoms with Gasteiger partial charge in [0.25, 0.3) is 0 Å². The Balaban J connectivity index is 2.08. The van der Waals surface area contributed by atoms with Gasteiger partial charge in [0, 0.05) is 0 Å². The van der Waals surface area contributed by atoms with Gasteiger partial charge in [0.2, 0.25) is 0 Å². The molecule has 1 fully saturated rings. The van der Waals surface area contributed by atoms with Crippen LogP contribution in [0.4, 0.5) is 0 Å². The molecule has 0 spiro atoms. The largest absolute Gasteiger partial charge is 0.366 e. The number of aliphatic hydroxyl groups excluding tert-OH is 1. The predicted octanol–water partition coefficient (Wildman–Crippen LogP) is 0.280. The van der Waals surface area contributed by atoms with Crippen LogP contribution in [0.5, 0.6) is 0 Å². The van der Waals surface area contributed by atoms with E-state index in [2.05, 4.69) is 11.3 Å². The Bertz CT molecular complexity index is 80.1. The minimum atomic E-state index is -0.502. The highest BCUT2D eigenvalue weighted by atomic mass is 16.7. The average Bonchev–Trinajstić information content (AvgIpc) is 2.22. The first-order valence-corrected chi connectivity index (χ1v) is 2.29. The number of epoxide rings is 1. The van der Waals surface area contributed by atoms with Gasteiger partial charge in [0.15, 0.2) is 6.29 Å². The molecule has 0 saturated carbocycles. The van der Waals surface area contributed by atoms with Gasteiger partial charge in [-0.1, -0.05) is 6.08 Å². The maximum atomic E-state index is 8.49. The summed E-state index contributed by atoms with van der Waals surface area (Å²) in [6.45, 7) is 3.48. The lowest BCUT2D eigenvalue weighted by atomic mass is 10.3. The van der Waals surface area contributed by atoms with Gasteiger partial charge < -0.3 is 9.84 Å². The highest BCUT2D eigenvalue weighted by Gasteiger charge is 2.34. The summed E-state index contributed by atoms with van der Waals surface area (Å²) in [5, 5.41) is 8.49. The van der Waals surface area contributed by atoms with Crippen LogP contribution in [0, 0.1) is 0 Å². The summed E-state index contributed by atoms with van der Waals surface area (Å²) >= 11 is 0. The van der Waals surface area contributed by atoms with Crippen LogP contribution in [-0.2, 0) is 4.74 Å². The van der Waals surface area contributed by atoms with Gasteiger partial charge in [-0.2, -0.15) is 0 Å². The van der Waals surface area contributed by atoms with Crippen LogP contribution in [0.15, 0.2) is 12.7 Å². The van der Waals surface area contributed by atoms with E-state index in [-0.39, 0.29) is 6.10 Å². The number of hydrogen-bond donors (Lipinski definition) is 1. The fourth-order valence-corrected chi connectivity index (χ4v) is 0.470. The van der Waals surface area contributed by atoms with Crippen molar-refractivity contribution in [1.29, 1.82) is 0 Å². The number of ether oxygens (including phenoxy) is 1. The van der Waals surface area contributed by atoms with Crippen LogP contribution in [0.25, 0.3) is 0 Å². The molecule has 1 N–H and O–H groups in total. The first kappa shape index (κ1) is 4.81. The van der Waals surface area contributed by atoms with E-state index in [0.29, 0.717) is 0 Å². The van der Waals surface area contributed by atoms with Crippen molar-refractivity contribution in [3.05, 3.63) is 12.7 Å². The van der Waals surface area contributed by atoms with Gasteiger partial charge in [-0.15, -0.1) is 6.58 Å². The molecule has 1 aliphatic heterocycles. The Morgan fingerprint density at radius 1 is 1.86 bits per heavy atom. The molecule has 2 nitrogen and oxygen atoms in total. The summed E-state index contributed by atoms with van der Waals surface area (Å²) in [5.74, 6) is 0. The molecule has 7 heavy (non-hydrogen) atoms. The van der Waals surface area contributed by atoms with Crippen molar-refractivity contribution in [1.82, 2.24) is 0 Å². The summed E-state index contributed by atoms with van der Waals surface area (Å²) < 4.78 is 4.64. The van der Waals surface area contributed by atoms with Crippen molar-refractivity contribution in [2.45, 2.75) is 18.8 Å². The van der Waals surface area contributed by atoms with Crippen LogP contribution < -0.4 is 0 Å². The zero-order valence-corrected chi connectivity index (χ0v) is 4.00. The molecule has 0 aromatic carbocycles. The lowest BCUT2D eigenvalue weighted by Gasteiger charge is -1.75. The van der Waals surface area contributed by atoms with E-state index in [0.717, 1.165) is 6.42 Å². The van der Waals surface area contributed by atoms with Crippen molar-refractivity contribution in [3.63, 3.8) is 0 Å². The Kier molecular flexibility index (Phi) is 1.13. The summed E-state index contributed by atoms with van der Waals surface area (Å²) in [5.41, 5.74) is 0. The Labute approximate surface area is 42.4 Å².